The summed E-state index contributed by atoms with van der Waals surface area (Å²) in [5.74, 6) is -1.05. The molecule has 92 valence electrons. The fourth-order valence-electron chi connectivity index (χ4n) is 2.44. The summed E-state index contributed by atoms with van der Waals surface area (Å²) in [5.41, 5.74) is 3.17. The van der Waals surface area contributed by atoms with E-state index in [1.807, 2.05) is 17.0 Å². The second-order valence-electron chi connectivity index (χ2n) is 4.57. The number of hydrogen-bond donors (Lipinski definition) is 0. The van der Waals surface area contributed by atoms with E-state index in [2.05, 4.69) is 12.1 Å². The Morgan fingerprint density at radius 2 is 1.56 bits per heavy atom. The highest BCUT2D eigenvalue weighted by atomic mass is 19.1. The molecule has 3 heteroatoms. The van der Waals surface area contributed by atoms with Gasteiger partial charge < -0.3 is 4.90 Å². The first kappa shape index (κ1) is 11.2. The fourth-order valence-corrected chi connectivity index (χ4v) is 2.44. The second-order valence-corrected chi connectivity index (χ2v) is 4.57. The van der Waals surface area contributed by atoms with E-state index in [9.17, 15) is 8.78 Å². The zero-order valence-corrected chi connectivity index (χ0v) is 9.87. The molecule has 0 saturated carbocycles. The van der Waals surface area contributed by atoms with Crippen molar-refractivity contribution in [3.8, 4) is 0 Å². The summed E-state index contributed by atoms with van der Waals surface area (Å²) in [6.07, 6.45) is 0.911. The molecule has 18 heavy (non-hydrogen) atoms. The van der Waals surface area contributed by atoms with Crippen LogP contribution in [-0.2, 0) is 13.0 Å². The van der Waals surface area contributed by atoms with E-state index in [-0.39, 0.29) is 0 Å². The van der Waals surface area contributed by atoms with Gasteiger partial charge in [-0.05, 0) is 29.7 Å². The first-order valence-electron chi connectivity index (χ1n) is 6.00. The maximum Gasteiger partial charge on any atom is 0.128 e. The van der Waals surface area contributed by atoms with Crippen molar-refractivity contribution in [3.63, 3.8) is 0 Å². The van der Waals surface area contributed by atoms with Gasteiger partial charge in [-0.2, -0.15) is 0 Å². The van der Waals surface area contributed by atoms with E-state index in [0.29, 0.717) is 12.2 Å². The van der Waals surface area contributed by atoms with Crippen LogP contribution in [-0.4, -0.2) is 6.54 Å². The van der Waals surface area contributed by atoms with Crippen molar-refractivity contribution in [2.24, 2.45) is 0 Å². The third-order valence-electron chi connectivity index (χ3n) is 3.34. The van der Waals surface area contributed by atoms with E-state index in [1.165, 1.54) is 23.3 Å². The van der Waals surface area contributed by atoms with Crippen LogP contribution in [0.25, 0.3) is 0 Å². The number of rotatable bonds is 1. The third kappa shape index (κ3) is 2.08. The largest absolute Gasteiger partial charge is 0.367 e. The first-order valence-corrected chi connectivity index (χ1v) is 6.00. The zero-order chi connectivity index (χ0) is 12.5. The molecular weight excluding hydrogens is 232 g/mol. The van der Waals surface area contributed by atoms with Gasteiger partial charge in [0.15, 0.2) is 0 Å². The molecule has 1 aliphatic heterocycles. The summed E-state index contributed by atoms with van der Waals surface area (Å²) >= 11 is 0. The van der Waals surface area contributed by atoms with Gasteiger partial charge in [0, 0.05) is 24.8 Å². The maximum absolute atomic E-state index is 13.2. The number of anilines is 1. The van der Waals surface area contributed by atoms with Crippen LogP contribution in [0.2, 0.25) is 0 Å². The lowest BCUT2D eigenvalue weighted by molar-refractivity contribution is 0.580. The Kier molecular flexibility index (Phi) is 2.74. The molecule has 2 aromatic rings. The lowest BCUT2D eigenvalue weighted by Crippen LogP contribution is -2.30. The number of nitrogens with zero attached hydrogens (tertiary/aromatic N) is 1. The average molecular weight is 245 g/mol. The summed E-state index contributed by atoms with van der Waals surface area (Å²) in [4.78, 5) is 2.01. The molecule has 1 aliphatic rings. The molecule has 0 spiro atoms. The summed E-state index contributed by atoms with van der Waals surface area (Å²) in [7, 11) is 0. The van der Waals surface area contributed by atoms with Crippen molar-refractivity contribution in [2.45, 2.75) is 13.0 Å². The van der Waals surface area contributed by atoms with Crippen molar-refractivity contribution < 1.29 is 8.78 Å². The van der Waals surface area contributed by atoms with Crippen molar-refractivity contribution in [1.82, 2.24) is 0 Å². The van der Waals surface area contributed by atoms with Crippen LogP contribution < -0.4 is 4.90 Å². The van der Waals surface area contributed by atoms with Crippen molar-refractivity contribution in [3.05, 3.63) is 65.2 Å². The van der Waals surface area contributed by atoms with Crippen LogP contribution in [0.5, 0.6) is 0 Å². The van der Waals surface area contributed by atoms with Crippen LogP contribution in [0.3, 0.4) is 0 Å². The molecule has 0 amide bonds. The topological polar surface area (TPSA) is 3.24 Å². The predicted octanol–water partition coefficient (Wildman–Crippen LogP) is 3.53. The van der Waals surface area contributed by atoms with E-state index < -0.39 is 11.6 Å². The maximum atomic E-state index is 13.2. The average Bonchev–Trinajstić information content (AvgIpc) is 2.37. The molecule has 0 radical (unpaired) electrons. The Bertz CT molecular complexity index is 560. The van der Waals surface area contributed by atoms with E-state index >= 15 is 0 Å². The zero-order valence-electron chi connectivity index (χ0n) is 9.87. The molecule has 0 atom stereocenters. The normalized spacial score (nSPS) is 14.4. The van der Waals surface area contributed by atoms with Gasteiger partial charge in [0.2, 0.25) is 0 Å². The minimum absolute atomic E-state index is 0.524. The standard InChI is InChI=1S/C15H13F2N/c16-13-7-14(17)9-15(8-13)18-6-5-11-3-1-2-4-12(11)10-18/h1-4,7-9H,5-6,10H2. The molecule has 0 saturated heterocycles. The van der Waals surface area contributed by atoms with Gasteiger partial charge in [0.1, 0.15) is 11.6 Å². The molecule has 0 bridgehead atoms. The van der Waals surface area contributed by atoms with Crippen molar-refractivity contribution >= 4 is 5.69 Å². The quantitative estimate of drug-likeness (QED) is 0.743. The van der Waals surface area contributed by atoms with Gasteiger partial charge in [-0.1, -0.05) is 24.3 Å². The Balaban J connectivity index is 1.91. The molecule has 0 N–H and O–H groups in total. The summed E-state index contributed by atoms with van der Waals surface area (Å²) in [6, 6.07) is 11.9. The Labute approximate surface area is 105 Å². The van der Waals surface area contributed by atoms with Gasteiger partial charge in [-0.15, -0.1) is 0 Å². The SMILES string of the molecule is Fc1cc(F)cc(N2CCc3ccccc3C2)c1. The van der Waals surface area contributed by atoms with Crippen LogP contribution in [0.4, 0.5) is 14.5 Å². The van der Waals surface area contributed by atoms with Gasteiger partial charge in [0.05, 0.1) is 0 Å². The minimum Gasteiger partial charge on any atom is -0.367 e. The fraction of sp³-hybridized carbons (Fsp3) is 0.200. The van der Waals surface area contributed by atoms with E-state index in [0.717, 1.165) is 19.0 Å². The Morgan fingerprint density at radius 3 is 2.28 bits per heavy atom. The van der Waals surface area contributed by atoms with Gasteiger partial charge in [0.25, 0.3) is 0 Å². The predicted molar refractivity (Wildman–Crippen MR) is 67.6 cm³/mol. The molecule has 1 heterocycles. The van der Waals surface area contributed by atoms with Crippen LogP contribution >= 0.6 is 0 Å². The molecule has 0 fully saturated rings. The molecule has 1 nitrogen and oxygen atoms in total. The summed E-state index contributed by atoms with van der Waals surface area (Å²) in [6.45, 7) is 1.50. The summed E-state index contributed by atoms with van der Waals surface area (Å²) < 4.78 is 26.4. The third-order valence-corrected chi connectivity index (χ3v) is 3.34. The Hall–Kier alpha value is -1.90. The van der Waals surface area contributed by atoms with E-state index in [4.69, 9.17) is 0 Å². The smallest absolute Gasteiger partial charge is 0.128 e. The van der Waals surface area contributed by atoms with E-state index in [1.54, 1.807) is 0 Å². The number of fused-ring (bicyclic) bond motifs is 1. The molecule has 3 rings (SSSR count). The monoisotopic (exact) mass is 245 g/mol. The lowest BCUT2D eigenvalue weighted by atomic mass is 9.99. The number of halogens is 2. The van der Waals surface area contributed by atoms with Gasteiger partial charge >= 0.3 is 0 Å². The van der Waals surface area contributed by atoms with Crippen LogP contribution in [0.1, 0.15) is 11.1 Å². The number of hydrogen-bond acceptors (Lipinski definition) is 1. The minimum atomic E-state index is -0.524. The Morgan fingerprint density at radius 1 is 0.889 bits per heavy atom. The highest BCUT2D eigenvalue weighted by molar-refractivity contribution is 5.50. The first-order chi connectivity index (χ1) is 8.72. The van der Waals surface area contributed by atoms with Crippen molar-refractivity contribution in [2.75, 3.05) is 11.4 Å². The van der Waals surface area contributed by atoms with Gasteiger partial charge in [-0.3, -0.25) is 0 Å². The molecule has 0 unspecified atom stereocenters. The lowest BCUT2D eigenvalue weighted by Gasteiger charge is -2.30. The molecule has 0 aliphatic carbocycles. The molecule has 0 aromatic heterocycles. The van der Waals surface area contributed by atoms with Crippen molar-refractivity contribution in [1.29, 1.82) is 0 Å². The highest BCUT2D eigenvalue weighted by Gasteiger charge is 2.17. The summed E-state index contributed by atoms with van der Waals surface area (Å²) in [5, 5.41) is 0. The second kappa shape index (κ2) is 4.41. The van der Waals surface area contributed by atoms with Gasteiger partial charge in [-0.25, -0.2) is 8.78 Å². The molecule has 2 aromatic carbocycles. The number of benzene rings is 2. The van der Waals surface area contributed by atoms with Crippen LogP contribution in [0, 0.1) is 11.6 Å². The van der Waals surface area contributed by atoms with Crippen LogP contribution in [0.15, 0.2) is 42.5 Å². The highest BCUT2D eigenvalue weighted by Crippen LogP contribution is 2.25. The molecular formula is C15H13F2N.